The van der Waals surface area contributed by atoms with Crippen LogP contribution in [0, 0.1) is 5.92 Å². The van der Waals surface area contributed by atoms with Crippen LogP contribution in [0.15, 0.2) is 0 Å². The minimum absolute atomic E-state index is 0.114. The van der Waals surface area contributed by atoms with Gasteiger partial charge in [0, 0.05) is 6.04 Å². The molecule has 4 atom stereocenters. The number of rotatable bonds is 2. The first-order chi connectivity index (χ1) is 5.57. The van der Waals surface area contributed by atoms with Gasteiger partial charge in [-0.05, 0) is 5.92 Å². The van der Waals surface area contributed by atoms with E-state index < -0.39 is 12.2 Å². The molecule has 0 aromatic heterocycles. The topological polar surface area (TPSA) is 72.7 Å². The lowest BCUT2D eigenvalue weighted by atomic mass is 9.99. The maximum absolute atomic E-state index is 9.51. The van der Waals surface area contributed by atoms with Gasteiger partial charge < -0.3 is 20.6 Å². The van der Waals surface area contributed by atoms with Gasteiger partial charge in [-0.25, -0.2) is 0 Å². The van der Waals surface area contributed by atoms with Crippen molar-refractivity contribution in [3.05, 3.63) is 0 Å². The quantitative estimate of drug-likeness (QED) is 0.421. The van der Waals surface area contributed by atoms with Gasteiger partial charge in [0.05, 0.1) is 24.9 Å². The summed E-state index contributed by atoms with van der Waals surface area (Å²) in [6, 6.07) is -0.496. The van der Waals surface area contributed by atoms with Crippen LogP contribution in [0.25, 0.3) is 0 Å². The zero-order valence-corrected chi connectivity index (χ0v) is 7.44. The zero-order valence-electron chi connectivity index (χ0n) is 7.44. The standard InChI is InChI=1S/C8H17NO3/c1-4(2)6-8(12)7(11)5(3-10)9-6/h4-12H,3H2,1-2H3/t5-,6-,7-,8-/m0/s1. The summed E-state index contributed by atoms with van der Waals surface area (Å²) in [7, 11) is 0. The molecule has 72 valence electrons. The second-order valence-corrected chi connectivity index (χ2v) is 3.71. The molecule has 4 heteroatoms. The Morgan fingerprint density at radius 3 is 2.08 bits per heavy atom. The van der Waals surface area contributed by atoms with Crippen LogP contribution in [0.1, 0.15) is 13.8 Å². The number of aliphatic hydroxyl groups excluding tert-OH is 3. The van der Waals surface area contributed by atoms with Crippen molar-refractivity contribution in [1.82, 2.24) is 5.32 Å². The first-order valence-electron chi connectivity index (χ1n) is 4.31. The minimum Gasteiger partial charge on any atom is -0.395 e. The highest BCUT2D eigenvalue weighted by Gasteiger charge is 2.41. The van der Waals surface area contributed by atoms with Crippen molar-refractivity contribution in [2.75, 3.05) is 6.61 Å². The van der Waals surface area contributed by atoms with E-state index in [0.717, 1.165) is 0 Å². The van der Waals surface area contributed by atoms with Gasteiger partial charge in [0.1, 0.15) is 0 Å². The third-order valence-electron chi connectivity index (χ3n) is 2.45. The van der Waals surface area contributed by atoms with Crippen molar-refractivity contribution in [3.63, 3.8) is 0 Å². The maximum Gasteiger partial charge on any atom is 0.0989 e. The molecule has 1 saturated heterocycles. The van der Waals surface area contributed by atoms with Crippen molar-refractivity contribution in [2.24, 2.45) is 5.92 Å². The molecule has 4 nitrogen and oxygen atoms in total. The van der Waals surface area contributed by atoms with E-state index in [9.17, 15) is 10.2 Å². The Morgan fingerprint density at radius 1 is 1.25 bits per heavy atom. The molecule has 0 aromatic rings. The monoisotopic (exact) mass is 175 g/mol. The summed E-state index contributed by atoms with van der Waals surface area (Å²) in [5.74, 6) is 0.256. The molecule has 4 N–H and O–H groups in total. The molecule has 0 bridgehead atoms. The maximum atomic E-state index is 9.51. The van der Waals surface area contributed by atoms with E-state index >= 15 is 0 Å². The average Bonchev–Trinajstić information content (AvgIpc) is 2.30. The molecule has 0 unspecified atom stereocenters. The van der Waals surface area contributed by atoms with Crippen LogP contribution >= 0.6 is 0 Å². The van der Waals surface area contributed by atoms with Crippen molar-refractivity contribution >= 4 is 0 Å². The van der Waals surface area contributed by atoms with Gasteiger partial charge in [-0.3, -0.25) is 0 Å². The number of hydrogen-bond acceptors (Lipinski definition) is 4. The van der Waals surface area contributed by atoms with E-state index in [1.54, 1.807) is 0 Å². The fourth-order valence-corrected chi connectivity index (χ4v) is 1.64. The number of hydrogen-bond donors (Lipinski definition) is 4. The fourth-order valence-electron chi connectivity index (χ4n) is 1.64. The van der Waals surface area contributed by atoms with Gasteiger partial charge in [0.15, 0.2) is 0 Å². The first kappa shape index (κ1) is 9.92. The van der Waals surface area contributed by atoms with E-state index in [4.69, 9.17) is 5.11 Å². The third kappa shape index (κ3) is 1.61. The molecule has 1 heterocycles. The normalized spacial score (nSPS) is 42.5. The molecule has 1 aliphatic heterocycles. The lowest BCUT2D eigenvalue weighted by Gasteiger charge is -2.19. The second-order valence-electron chi connectivity index (χ2n) is 3.71. The van der Waals surface area contributed by atoms with Gasteiger partial charge in [0.25, 0.3) is 0 Å². The van der Waals surface area contributed by atoms with Crippen LogP contribution in [0.5, 0.6) is 0 Å². The van der Waals surface area contributed by atoms with Crippen molar-refractivity contribution in [1.29, 1.82) is 0 Å². The Bertz CT molecular complexity index is 151. The van der Waals surface area contributed by atoms with E-state index in [2.05, 4.69) is 5.32 Å². The van der Waals surface area contributed by atoms with Crippen molar-refractivity contribution in [2.45, 2.75) is 38.1 Å². The molecule has 1 rings (SSSR count). The van der Waals surface area contributed by atoms with Crippen LogP contribution in [0.2, 0.25) is 0 Å². The van der Waals surface area contributed by atoms with Crippen LogP contribution in [-0.4, -0.2) is 46.2 Å². The van der Waals surface area contributed by atoms with E-state index in [1.807, 2.05) is 13.8 Å². The van der Waals surface area contributed by atoms with E-state index in [-0.39, 0.29) is 24.6 Å². The summed E-state index contributed by atoms with van der Waals surface area (Å²) >= 11 is 0. The van der Waals surface area contributed by atoms with Crippen molar-refractivity contribution < 1.29 is 15.3 Å². The van der Waals surface area contributed by atoms with Gasteiger partial charge in [-0.1, -0.05) is 13.8 Å². The highest BCUT2D eigenvalue weighted by atomic mass is 16.3. The highest BCUT2D eigenvalue weighted by molar-refractivity contribution is 4.98. The lowest BCUT2D eigenvalue weighted by Crippen LogP contribution is -2.38. The summed E-state index contributed by atoms with van der Waals surface area (Å²) < 4.78 is 0. The van der Waals surface area contributed by atoms with Crippen LogP contribution < -0.4 is 5.32 Å². The minimum atomic E-state index is -0.845. The highest BCUT2D eigenvalue weighted by Crippen LogP contribution is 2.19. The number of nitrogens with one attached hydrogen (secondary N) is 1. The van der Waals surface area contributed by atoms with Crippen molar-refractivity contribution in [3.8, 4) is 0 Å². The molecule has 0 aliphatic carbocycles. The molecule has 0 radical (unpaired) electrons. The predicted molar refractivity (Wildman–Crippen MR) is 44.6 cm³/mol. The van der Waals surface area contributed by atoms with Crippen LogP contribution in [-0.2, 0) is 0 Å². The Kier molecular flexibility index (Phi) is 3.06. The fraction of sp³-hybridized carbons (Fsp3) is 1.00. The Morgan fingerprint density at radius 2 is 1.83 bits per heavy atom. The van der Waals surface area contributed by atoms with Gasteiger partial charge in [-0.2, -0.15) is 0 Å². The lowest BCUT2D eigenvalue weighted by molar-refractivity contribution is 0.0147. The van der Waals surface area contributed by atoms with E-state index in [1.165, 1.54) is 0 Å². The van der Waals surface area contributed by atoms with Gasteiger partial charge in [0.2, 0.25) is 0 Å². The summed E-state index contributed by atoms with van der Waals surface area (Å²) in [4.78, 5) is 0. The second kappa shape index (κ2) is 3.70. The van der Waals surface area contributed by atoms with Gasteiger partial charge >= 0.3 is 0 Å². The smallest absolute Gasteiger partial charge is 0.0989 e. The Labute approximate surface area is 72.2 Å². The van der Waals surface area contributed by atoms with Crippen LogP contribution in [0.3, 0.4) is 0 Å². The molecule has 0 saturated carbocycles. The molecule has 1 fully saturated rings. The first-order valence-corrected chi connectivity index (χ1v) is 4.31. The third-order valence-corrected chi connectivity index (χ3v) is 2.45. The molecular formula is C8H17NO3. The summed E-state index contributed by atoms with van der Waals surface area (Å²) in [5.41, 5.74) is 0. The van der Waals surface area contributed by atoms with Gasteiger partial charge in [-0.15, -0.1) is 0 Å². The predicted octanol–water partition coefficient (Wildman–Crippen LogP) is -1.30. The Balaban J connectivity index is 2.60. The molecule has 0 spiro atoms. The Hall–Kier alpha value is -0.160. The molecule has 12 heavy (non-hydrogen) atoms. The summed E-state index contributed by atoms with van der Waals surface area (Å²) in [5, 5.41) is 30.7. The molecule has 0 aromatic carbocycles. The van der Waals surface area contributed by atoms with E-state index in [0.29, 0.717) is 0 Å². The van der Waals surface area contributed by atoms with Crippen LogP contribution in [0.4, 0.5) is 0 Å². The summed E-state index contributed by atoms with van der Waals surface area (Å²) in [6.45, 7) is 3.79. The molecule has 0 amide bonds. The molecule has 1 aliphatic rings. The zero-order chi connectivity index (χ0) is 9.30. The molecular weight excluding hydrogens is 158 g/mol. The SMILES string of the molecule is CC(C)[C@@H]1N[C@@H](CO)[C@H](O)[C@H]1O. The summed E-state index contributed by atoms with van der Waals surface area (Å²) in [6.07, 6.45) is -1.61. The average molecular weight is 175 g/mol. The largest absolute Gasteiger partial charge is 0.395 e. The number of aliphatic hydroxyl groups is 3.